The normalized spacial score (nSPS) is 15.3. The molecule has 1 fully saturated rings. The fraction of sp³-hybridized carbons (Fsp3) is 0.903. The molecule has 1 aliphatic rings. The van der Waals surface area contributed by atoms with E-state index in [4.69, 9.17) is 9.47 Å². The van der Waals surface area contributed by atoms with E-state index in [9.17, 15) is 14.4 Å². The molecule has 7 nitrogen and oxygen atoms in total. The molecule has 0 unspecified atom stereocenters. The number of rotatable bonds is 24. The van der Waals surface area contributed by atoms with Crippen molar-refractivity contribution in [1.82, 2.24) is 10.2 Å². The summed E-state index contributed by atoms with van der Waals surface area (Å²) in [5.41, 5.74) is 0. The Labute approximate surface area is 233 Å². The van der Waals surface area contributed by atoms with Crippen LogP contribution in [0.25, 0.3) is 0 Å². The fourth-order valence-electron chi connectivity index (χ4n) is 4.97. The van der Waals surface area contributed by atoms with Gasteiger partial charge in [0, 0.05) is 32.5 Å². The quantitative estimate of drug-likeness (QED) is 0.109. The van der Waals surface area contributed by atoms with Gasteiger partial charge < -0.3 is 19.7 Å². The molecule has 1 heterocycles. The molecule has 1 aliphatic heterocycles. The zero-order valence-corrected chi connectivity index (χ0v) is 24.9. The second kappa shape index (κ2) is 23.3. The van der Waals surface area contributed by atoms with Crippen molar-refractivity contribution >= 4 is 17.8 Å². The molecule has 0 radical (unpaired) electrons. The van der Waals surface area contributed by atoms with Crippen molar-refractivity contribution in [3.63, 3.8) is 0 Å². The minimum absolute atomic E-state index is 0.164. The summed E-state index contributed by atoms with van der Waals surface area (Å²) in [6.45, 7) is 8.12. The molecule has 0 aliphatic carbocycles. The summed E-state index contributed by atoms with van der Waals surface area (Å²) in [6.07, 6.45) is 21.2. The minimum atomic E-state index is -0.287. The van der Waals surface area contributed by atoms with Crippen LogP contribution in [-0.4, -0.2) is 61.1 Å². The van der Waals surface area contributed by atoms with Crippen LogP contribution in [0.5, 0.6) is 0 Å². The maximum absolute atomic E-state index is 12.3. The number of nitrogens with zero attached hydrogens (tertiary/aromatic N) is 1. The fourth-order valence-corrected chi connectivity index (χ4v) is 4.97. The first-order chi connectivity index (χ1) is 18.4. The Morgan fingerprint density at radius 2 is 1.34 bits per heavy atom. The van der Waals surface area contributed by atoms with Crippen LogP contribution in [0.3, 0.4) is 0 Å². The summed E-state index contributed by atoms with van der Waals surface area (Å²) in [6, 6.07) is 0. The van der Waals surface area contributed by atoms with Gasteiger partial charge in [0.2, 0.25) is 5.91 Å². The molecule has 0 spiro atoms. The standard InChI is InChI=1S/C31H58N2O5/c1-4-5-6-7-8-9-10-11-12-13-14-15-18-21-31(36)37-26-29(34)32-23-19-16-17-20-30(35)33-24-22-28(25-33)38-27(2)3/h27-28H,4-26H2,1-3H3,(H,32,34)/t28-/m0/s1. The lowest BCUT2D eigenvalue weighted by atomic mass is 10.0. The second-order valence-corrected chi connectivity index (χ2v) is 11.2. The van der Waals surface area contributed by atoms with Gasteiger partial charge in [-0.2, -0.15) is 0 Å². The Morgan fingerprint density at radius 3 is 1.95 bits per heavy atom. The average molecular weight is 539 g/mol. The summed E-state index contributed by atoms with van der Waals surface area (Å²) < 4.78 is 10.9. The van der Waals surface area contributed by atoms with Crippen molar-refractivity contribution in [2.24, 2.45) is 0 Å². The van der Waals surface area contributed by atoms with E-state index in [-0.39, 0.29) is 36.6 Å². The number of likely N-dealkylation sites (tertiary alicyclic amines) is 1. The number of carbonyl (C=O) groups excluding carboxylic acids is 3. The number of ether oxygens (including phenoxy) is 2. The summed E-state index contributed by atoms with van der Waals surface area (Å²) in [4.78, 5) is 38.0. The summed E-state index contributed by atoms with van der Waals surface area (Å²) >= 11 is 0. The van der Waals surface area contributed by atoms with Crippen LogP contribution in [-0.2, 0) is 23.9 Å². The third-order valence-corrected chi connectivity index (χ3v) is 7.20. The number of hydrogen-bond donors (Lipinski definition) is 1. The highest BCUT2D eigenvalue weighted by Gasteiger charge is 2.26. The van der Waals surface area contributed by atoms with Gasteiger partial charge in [-0.1, -0.05) is 90.4 Å². The first-order valence-electron chi connectivity index (χ1n) is 15.8. The Bertz CT molecular complexity index is 625. The summed E-state index contributed by atoms with van der Waals surface area (Å²) in [5.74, 6) is -0.350. The van der Waals surface area contributed by atoms with Crippen LogP contribution in [0, 0.1) is 0 Å². The number of hydrogen-bond acceptors (Lipinski definition) is 5. The Kier molecular flexibility index (Phi) is 21.1. The molecule has 0 saturated carbocycles. The summed E-state index contributed by atoms with van der Waals surface area (Å²) in [5, 5.41) is 2.79. The van der Waals surface area contributed by atoms with Gasteiger partial charge in [-0.3, -0.25) is 14.4 Å². The molecule has 0 aromatic carbocycles. The molecule has 0 aromatic heterocycles. The van der Waals surface area contributed by atoms with E-state index >= 15 is 0 Å². The van der Waals surface area contributed by atoms with E-state index in [0.717, 1.165) is 45.1 Å². The first-order valence-corrected chi connectivity index (χ1v) is 15.8. The van der Waals surface area contributed by atoms with E-state index < -0.39 is 0 Å². The van der Waals surface area contributed by atoms with Gasteiger partial charge in [-0.05, 0) is 39.5 Å². The molecule has 38 heavy (non-hydrogen) atoms. The van der Waals surface area contributed by atoms with E-state index in [1.807, 2.05) is 18.7 Å². The van der Waals surface area contributed by atoms with Crippen LogP contribution in [0.2, 0.25) is 0 Å². The van der Waals surface area contributed by atoms with Crippen LogP contribution in [0.15, 0.2) is 0 Å². The van der Waals surface area contributed by atoms with Crippen molar-refractivity contribution < 1.29 is 23.9 Å². The number of esters is 1. The predicted octanol–water partition coefficient (Wildman–Crippen LogP) is 6.71. The molecule has 222 valence electrons. The van der Waals surface area contributed by atoms with E-state index in [2.05, 4.69) is 12.2 Å². The van der Waals surface area contributed by atoms with Crippen LogP contribution < -0.4 is 5.32 Å². The molecular weight excluding hydrogens is 480 g/mol. The third-order valence-electron chi connectivity index (χ3n) is 7.20. The van der Waals surface area contributed by atoms with Gasteiger partial charge >= 0.3 is 5.97 Å². The minimum Gasteiger partial charge on any atom is -0.456 e. The highest BCUT2D eigenvalue weighted by molar-refractivity contribution is 5.80. The van der Waals surface area contributed by atoms with Crippen molar-refractivity contribution in [2.45, 2.75) is 155 Å². The second-order valence-electron chi connectivity index (χ2n) is 11.2. The molecule has 1 saturated heterocycles. The van der Waals surface area contributed by atoms with E-state index in [1.165, 1.54) is 70.6 Å². The molecule has 1 atom stereocenters. The zero-order valence-electron chi connectivity index (χ0n) is 24.9. The lowest BCUT2D eigenvalue weighted by molar-refractivity contribution is -0.148. The Morgan fingerprint density at radius 1 is 0.789 bits per heavy atom. The first kappa shape index (κ1) is 34.4. The van der Waals surface area contributed by atoms with E-state index in [1.54, 1.807) is 0 Å². The van der Waals surface area contributed by atoms with Crippen LogP contribution in [0.1, 0.15) is 143 Å². The third kappa shape index (κ3) is 19.4. The van der Waals surface area contributed by atoms with Crippen molar-refractivity contribution in [3.05, 3.63) is 0 Å². The number of amides is 2. The molecule has 2 amide bonds. The Balaban J connectivity index is 1.86. The molecule has 1 rings (SSSR count). The average Bonchev–Trinajstić information content (AvgIpc) is 3.35. The van der Waals surface area contributed by atoms with E-state index in [0.29, 0.717) is 25.9 Å². The van der Waals surface area contributed by atoms with Crippen molar-refractivity contribution in [1.29, 1.82) is 0 Å². The SMILES string of the molecule is CCCCCCCCCCCCCCCC(=O)OCC(=O)NCCCCCC(=O)N1CC[C@H](OC(C)C)C1. The maximum Gasteiger partial charge on any atom is 0.306 e. The number of unbranched alkanes of at least 4 members (excludes halogenated alkanes) is 14. The monoisotopic (exact) mass is 538 g/mol. The van der Waals surface area contributed by atoms with Gasteiger partial charge in [-0.25, -0.2) is 0 Å². The lowest BCUT2D eigenvalue weighted by Crippen LogP contribution is -2.31. The smallest absolute Gasteiger partial charge is 0.306 e. The number of nitrogens with one attached hydrogen (secondary N) is 1. The van der Waals surface area contributed by atoms with Gasteiger partial charge in [0.1, 0.15) is 0 Å². The predicted molar refractivity (Wildman–Crippen MR) is 154 cm³/mol. The topological polar surface area (TPSA) is 84.9 Å². The zero-order chi connectivity index (χ0) is 27.8. The number of carbonyl (C=O) groups is 3. The van der Waals surface area contributed by atoms with Crippen LogP contribution >= 0.6 is 0 Å². The summed E-state index contributed by atoms with van der Waals surface area (Å²) in [7, 11) is 0. The molecule has 7 heteroatoms. The maximum atomic E-state index is 12.3. The highest BCUT2D eigenvalue weighted by atomic mass is 16.5. The van der Waals surface area contributed by atoms with Gasteiger partial charge in [0.05, 0.1) is 12.2 Å². The van der Waals surface area contributed by atoms with Crippen molar-refractivity contribution in [3.8, 4) is 0 Å². The molecule has 1 N–H and O–H groups in total. The van der Waals surface area contributed by atoms with Gasteiger partial charge in [0.25, 0.3) is 5.91 Å². The Hall–Kier alpha value is -1.63. The van der Waals surface area contributed by atoms with Gasteiger partial charge in [0.15, 0.2) is 6.61 Å². The van der Waals surface area contributed by atoms with Crippen molar-refractivity contribution in [2.75, 3.05) is 26.2 Å². The highest BCUT2D eigenvalue weighted by Crippen LogP contribution is 2.16. The van der Waals surface area contributed by atoms with Crippen LogP contribution in [0.4, 0.5) is 0 Å². The van der Waals surface area contributed by atoms with Gasteiger partial charge in [-0.15, -0.1) is 0 Å². The molecule has 0 aromatic rings. The lowest BCUT2D eigenvalue weighted by Gasteiger charge is -2.18. The molecular formula is C31H58N2O5. The molecule has 0 bridgehead atoms. The largest absolute Gasteiger partial charge is 0.456 e.